The molecule has 1 aliphatic heterocycles. The van der Waals surface area contributed by atoms with Crippen LogP contribution in [0.5, 0.6) is 0 Å². The lowest BCUT2D eigenvalue weighted by Crippen LogP contribution is -2.51. The minimum Gasteiger partial charge on any atom is -0.338 e. The van der Waals surface area contributed by atoms with Gasteiger partial charge in [0.15, 0.2) is 6.20 Å². The van der Waals surface area contributed by atoms with Crippen molar-refractivity contribution in [1.82, 2.24) is 14.8 Å². The van der Waals surface area contributed by atoms with Crippen LogP contribution in [0, 0.1) is 0 Å². The van der Waals surface area contributed by atoms with E-state index in [1.165, 1.54) is 23.5 Å². The highest BCUT2D eigenvalue weighted by atomic mass is 32.2. The molecule has 26 heavy (non-hydrogen) atoms. The molecule has 6 nitrogen and oxygen atoms in total. The first-order valence-corrected chi connectivity index (χ1v) is 10.4. The predicted molar refractivity (Wildman–Crippen MR) is 102 cm³/mol. The monoisotopic (exact) mass is 389 g/mol. The Labute approximate surface area is 161 Å². The number of pyridine rings is 2. The molecule has 3 heterocycles. The van der Waals surface area contributed by atoms with Crippen LogP contribution in [0.1, 0.15) is 0 Å². The Morgan fingerprint density at radius 3 is 2.15 bits per heavy atom. The number of hydrogen-bond acceptors (Lipinski definition) is 5. The molecule has 0 saturated carbocycles. The molecule has 8 heteroatoms. The van der Waals surface area contributed by atoms with E-state index in [4.69, 9.17) is 0 Å². The van der Waals surface area contributed by atoms with E-state index in [-0.39, 0.29) is 11.8 Å². The van der Waals surface area contributed by atoms with Crippen molar-refractivity contribution in [3.63, 3.8) is 0 Å². The van der Waals surface area contributed by atoms with Gasteiger partial charge < -0.3 is 9.80 Å². The Kier molecular flexibility index (Phi) is 6.90. The number of aromatic amines is 1. The fraction of sp³-hybridized carbons (Fsp3) is 0.333. The molecule has 0 spiro atoms. The number of rotatable bonds is 6. The summed E-state index contributed by atoms with van der Waals surface area (Å²) in [4.78, 5) is 35.6. The normalized spacial score (nSPS) is 14.3. The van der Waals surface area contributed by atoms with E-state index in [0.29, 0.717) is 37.7 Å². The van der Waals surface area contributed by atoms with E-state index in [0.717, 1.165) is 10.1 Å². The van der Waals surface area contributed by atoms with Crippen LogP contribution in [-0.2, 0) is 9.59 Å². The zero-order valence-corrected chi connectivity index (χ0v) is 16.0. The first kappa shape index (κ1) is 18.7. The summed E-state index contributed by atoms with van der Waals surface area (Å²) in [5, 5.41) is 1.82. The van der Waals surface area contributed by atoms with Gasteiger partial charge in [-0.25, -0.2) is 9.97 Å². The number of aromatic nitrogens is 2. The van der Waals surface area contributed by atoms with Gasteiger partial charge in [-0.2, -0.15) is 0 Å². The lowest BCUT2D eigenvalue weighted by Gasteiger charge is -2.34. The molecule has 0 radical (unpaired) electrons. The fourth-order valence-electron chi connectivity index (χ4n) is 2.56. The van der Waals surface area contributed by atoms with Gasteiger partial charge in [-0.15, -0.1) is 0 Å². The van der Waals surface area contributed by atoms with Gasteiger partial charge in [-0.3, -0.25) is 9.59 Å². The first-order chi connectivity index (χ1) is 12.7. The molecule has 0 unspecified atom stereocenters. The van der Waals surface area contributed by atoms with E-state index >= 15 is 0 Å². The molecule has 136 valence electrons. The minimum absolute atomic E-state index is 0.0982. The van der Waals surface area contributed by atoms with Crippen LogP contribution in [0.15, 0.2) is 58.8 Å². The number of nitrogens with one attached hydrogen (secondary N) is 1. The van der Waals surface area contributed by atoms with Gasteiger partial charge in [0.25, 0.3) is 0 Å². The fourth-order valence-corrected chi connectivity index (χ4v) is 4.11. The summed E-state index contributed by atoms with van der Waals surface area (Å²) in [7, 11) is 0. The number of nitrogens with zero attached hydrogens (tertiary/aromatic N) is 3. The van der Waals surface area contributed by atoms with Crippen LogP contribution in [0.4, 0.5) is 0 Å². The highest BCUT2D eigenvalue weighted by Crippen LogP contribution is 2.16. The van der Waals surface area contributed by atoms with Crippen molar-refractivity contribution in [2.24, 2.45) is 0 Å². The summed E-state index contributed by atoms with van der Waals surface area (Å²) >= 11 is 2.94. The third-order valence-corrected chi connectivity index (χ3v) is 5.88. The number of thioether (sulfide) groups is 2. The van der Waals surface area contributed by atoms with Gasteiger partial charge in [0.05, 0.1) is 16.5 Å². The second-order valence-corrected chi connectivity index (χ2v) is 7.75. The lowest BCUT2D eigenvalue weighted by atomic mass is 10.3. The smallest absolute Gasteiger partial charge is 0.238 e. The quantitative estimate of drug-likeness (QED) is 0.700. The maximum atomic E-state index is 12.3. The summed E-state index contributed by atoms with van der Waals surface area (Å²) in [6.07, 6.45) is 3.57. The number of carbonyl (C=O) groups excluding carboxylic acids is 2. The van der Waals surface area contributed by atoms with Crippen LogP contribution in [-0.4, -0.2) is 64.3 Å². The summed E-state index contributed by atoms with van der Waals surface area (Å²) in [6, 6.07) is 11.5. The zero-order chi connectivity index (χ0) is 18.2. The average Bonchev–Trinajstić information content (AvgIpc) is 2.72. The molecule has 0 atom stereocenters. The standard InChI is InChI=1S/C18H20N4O2S2/c23-17(13-25-15-5-1-3-7-19-15)21-9-11-22(12-10-21)18(24)14-26-16-6-2-4-8-20-16/h1-8H,9-14H2/p+1. The molecular weight excluding hydrogens is 368 g/mol. The van der Waals surface area contributed by atoms with Crippen LogP contribution < -0.4 is 4.98 Å². The molecule has 2 aromatic rings. The van der Waals surface area contributed by atoms with Gasteiger partial charge in [0, 0.05) is 44.5 Å². The first-order valence-electron chi connectivity index (χ1n) is 8.41. The van der Waals surface area contributed by atoms with Gasteiger partial charge in [0.2, 0.25) is 16.8 Å². The minimum atomic E-state index is 0.0982. The van der Waals surface area contributed by atoms with E-state index in [1.54, 1.807) is 6.20 Å². The summed E-state index contributed by atoms with van der Waals surface area (Å²) in [5.74, 6) is 0.998. The Balaban J connectivity index is 1.39. The van der Waals surface area contributed by atoms with Crippen LogP contribution in [0.25, 0.3) is 0 Å². The van der Waals surface area contributed by atoms with Crippen LogP contribution in [0.2, 0.25) is 0 Å². The predicted octanol–water partition coefficient (Wildman–Crippen LogP) is 1.45. The van der Waals surface area contributed by atoms with Crippen molar-refractivity contribution in [2.75, 3.05) is 37.7 Å². The number of hydrogen-bond donors (Lipinski definition) is 0. The summed E-state index contributed by atoms with van der Waals surface area (Å²) < 4.78 is 0. The van der Waals surface area contributed by atoms with Crippen molar-refractivity contribution in [2.45, 2.75) is 10.1 Å². The van der Waals surface area contributed by atoms with E-state index in [1.807, 2.05) is 52.4 Å². The molecule has 2 aromatic heterocycles. The second-order valence-electron chi connectivity index (χ2n) is 5.73. The van der Waals surface area contributed by atoms with Gasteiger partial charge in [-0.1, -0.05) is 17.8 Å². The molecule has 0 aliphatic carbocycles. The number of H-pyrrole nitrogens is 1. The van der Waals surface area contributed by atoms with Crippen molar-refractivity contribution in [3.05, 3.63) is 48.8 Å². The number of amides is 2. The van der Waals surface area contributed by atoms with Crippen molar-refractivity contribution >= 4 is 35.3 Å². The number of carbonyl (C=O) groups is 2. The van der Waals surface area contributed by atoms with Crippen LogP contribution >= 0.6 is 23.5 Å². The molecular formula is C18H21N4O2S2+. The third kappa shape index (κ3) is 5.47. The summed E-state index contributed by atoms with van der Waals surface area (Å²) in [5.41, 5.74) is 0. The lowest BCUT2D eigenvalue weighted by molar-refractivity contribution is -0.426. The second kappa shape index (κ2) is 9.59. The molecule has 0 bridgehead atoms. The topological polar surface area (TPSA) is 67.7 Å². The Morgan fingerprint density at radius 2 is 1.58 bits per heavy atom. The SMILES string of the molecule is O=C(CSc1ccccn1)N1CCN(C(=O)CSc2cccc[nH+]2)CC1. The molecule has 1 aliphatic rings. The highest BCUT2D eigenvalue weighted by Gasteiger charge is 2.24. The van der Waals surface area contributed by atoms with Crippen molar-refractivity contribution in [1.29, 1.82) is 0 Å². The Hall–Kier alpha value is -2.06. The number of piperazine rings is 1. The van der Waals surface area contributed by atoms with Crippen molar-refractivity contribution < 1.29 is 14.6 Å². The third-order valence-electron chi connectivity index (χ3n) is 4.00. The zero-order valence-electron chi connectivity index (χ0n) is 14.3. The highest BCUT2D eigenvalue weighted by molar-refractivity contribution is 8.00. The van der Waals surface area contributed by atoms with E-state index < -0.39 is 0 Å². The van der Waals surface area contributed by atoms with Crippen molar-refractivity contribution in [3.8, 4) is 0 Å². The molecule has 3 rings (SSSR count). The largest absolute Gasteiger partial charge is 0.338 e. The summed E-state index contributed by atoms with van der Waals surface area (Å²) in [6.45, 7) is 2.38. The van der Waals surface area contributed by atoms with E-state index in [9.17, 15) is 9.59 Å². The average molecular weight is 390 g/mol. The van der Waals surface area contributed by atoms with Crippen LogP contribution in [0.3, 0.4) is 0 Å². The Morgan fingerprint density at radius 1 is 0.923 bits per heavy atom. The molecule has 1 N–H and O–H groups in total. The maximum absolute atomic E-state index is 12.3. The molecule has 2 amide bonds. The molecule has 1 fully saturated rings. The molecule has 1 saturated heterocycles. The molecule has 0 aromatic carbocycles. The maximum Gasteiger partial charge on any atom is 0.238 e. The van der Waals surface area contributed by atoms with Gasteiger partial charge in [-0.05, 0) is 30.0 Å². The van der Waals surface area contributed by atoms with E-state index in [2.05, 4.69) is 9.97 Å². The Bertz CT molecular complexity index is 659. The van der Waals surface area contributed by atoms with Gasteiger partial charge in [0.1, 0.15) is 0 Å². The van der Waals surface area contributed by atoms with Gasteiger partial charge >= 0.3 is 0 Å².